The topological polar surface area (TPSA) is 113 Å². The smallest absolute Gasteiger partial charge is 0.353 e. The number of fused-ring (bicyclic) bond motifs is 1. The SMILES string of the molecule is CC(O)C1C(=O)N2C(C(=O)O)=C(SC3CC(C(=O)N4CCCNCC4)N(C)C3)C(C)[C@H]12. The number of nitrogens with zero attached hydrogens (tertiary/aromatic N) is 3. The number of carboxylic acid groups (broad SMARTS) is 1. The number of nitrogens with one attached hydrogen (secondary N) is 1. The van der Waals surface area contributed by atoms with E-state index in [1.807, 2.05) is 18.9 Å². The molecule has 0 bridgehead atoms. The third-order valence-corrected chi connectivity index (χ3v) is 8.55. The van der Waals surface area contributed by atoms with Gasteiger partial charge in [0.25, 0.3) is 0 Å². The summed E-state index contributed by atoms with van der Waals surface area (Å²) < 4.78 is 0. The van der Waals surface area contributed by atoms with Crippen LogP contribution in [-0.4, -0.2) is 106 Å². The Kier molecular flexibility index (Phi) is 6.35. The summed E-state index contributed by atoms with van der Waals surface area (Å²) in [5.74, 6) is -1.98. The highest BCUT2D eigenvalue weighted by atomic mass is 32.2. The lowest BCUT2D eigenvalue weighted by molar-refractivity contribution is -0.163. The van der Waals surface area contributed by atoms with Gasteiger partial charge in [0.2, 0.25) is 11.8 Å². The fraction of sp³-hybridized carbons (Fsp3) is 0.762. The lowest BCUT2D eigenvalue weighted by Crippen LogP contribution is -2.63. The summed E-state index contributed by atoms with van der Waals surface area (Å²) in [5.41, 5.74) is 0.0559. The third kappa shape index (κ3) is 3.88. The number of aliphatic hydroxyl groups excluding tert-OH is 1. The van der Waals surface area contributed by atoms with Crippen LogP contribution in [0.15, 0.2) is 10.6 Å². The Bertz CT molecular complexity index is 795. The van der Waals surface area contributed by atoms with Gasteiger partial charge in [0.05, 0.1) is 24.1 Å². The van der Waals surface area contributed by atoms with Crippen LogP contribution in [0, 0.1) is 11.8 Å². The van der Waals surface area contributed by atoms with Crippen LogP contribution in [0.4, 0.5) is 0 Å². The molecule has 0 radical (unpaired) electrons. The van der Waals surface area contributed by atoms with E-state index in [1.54, 1.807) is 6.92 Å². The molecule has 172 valence electrons. The normalized spacial score (nSPS) is 35.1. The Labute approximate surface area is 186 Å². The molecule has 0 aromatic heterocycles. The number of hydrogen-bond acceptors (Lipinski definition) is 7. The molecule has 31 heavy (non-hydrogen) atoms. The lowest BCUT2D eigenvalue weighted by atomic mass is 9.79. The van der Waals surface area contributed by atoms with Gasteiger partial charge in [-0.1, -0.05) is 6.92 Å². The van der Waals surface area contributed by atoms with E-state index in [-0.39, 0.29) is 40.8 Å². The summed E-state index contributed by atoms with van der Waals surface area (Å²) in [4.78, 5) is 43.7. The first-order valence-electron chi connectivity index (χ1n) is 11.1. The molecule has 4 aliphatic heterocycles. The van der Waals surface area contributed by atoms with E-state index >= 15 is 0 Å². The van der Waals surface area contributed by atoms with Gasteiger partial charge in [0.15, 0.2) is 0 Å². The second-order valence-electron chi connectivity index (χ2n) is 9.13. The van der Waals surface area contributed by atoms with Gasteiger partial charge in [0.1, 0.15) is 5.70 Å². The number of likely N-dealkylation sites (tertiary alicyclic amines) is 1. The van der Waals surface area contributed by atoms with Crippen LogP contribution >= 0.6 is 11.8 Å². The molecular weight excluding hydrogens is 420 g/mol. The van der Waals surface area contributed by atoms with Crippen LogP contribution in [-0.2, 0) is 14.4 Å². The Morgan fingerprint density at radius 3 is 2.68 bits per heavy atom. The van der Waals surface area contributed by atoms with Gasteiger partial charge in [-0.3, -0.25) is 14.5 Å². The van der Waals surface area contributed by atoms with Crippen LogP contribution in [0.25, 0.3) is 0 Å². The summed E-state index contributed by atoms with van der Waals surface area (Å²) in [6, 6.07) is -0.507. The van der Waals surface area contributed by atoms with E-state index < -0.39 is 18.0 Å². The number of rotatable bonds is 5. The largest absolute Gasteiger partial charge is 0.477 e. The molecule has 4 aliphatic rings. The second kappa shape index (κ2) is 8.73. The van der Waals surface area contributed by atoms with Crippen LogP contribution in [0.2, 0.25) is 0 Å². The molecule has 3 saturated heterocycles. The summed E-state index contributed by atoms with van der Waals surface area (Å²) in [5, 5.41) is 23.2. The molecule has 0 saturated carbocycles. The van der Waals surface area contributed by atoms with Crippen molar-refractivity contribution in [2.24, 2.45) is 11.8 Å². The van der Waals surface area contributed by atoms with E-state index in [1.165, 1.54) is 16.7 Å². The van der Waals surface area contributed by atoms with Crippen LogP contribution in [0.3, 0.4) is 0 Å². The highest BCUT2D eigenvalue weighted by Gasteiger charge is 2.60. The highest BCUT2D eigenvalue weighted by Crippen LogP contribution is 2.52. The van der Waals surface area contributed by atoms with Crippen molar-refractivity contribution in [3.63, 3.8) is 0 Å². The molecule has 3 fully saturated rings. The predicted molar refractivity (Wildman–Crippen MR) is 116 cm³/mol. The molecule has 0 aromatic rings. The Morgan fingerprint density at radius 2 is 2.00 bits per heavy atom. The molecule has 10 heteroatoms. The van der Waals surface area contributed by atoms with E-state index in [2.05, 4.69) is 10.2 Å². The molecular formula is C21H32N4O5S. The minimum Gasteiger partial charge on any atom is -0.477 e. The number of amides is 2. The fourth-order valence-electron chi connectivity index (χ4n) is 5.46. The average Bonchev–Trinajstić information content (AvgIpc) is 3.02. The molecule has 0 spiro atoms. The van der Waals surface area contributed by atoms with E-state index in [0.717, 1.165) is 26.1 Å². The maximum Gasteiger partial charge on any atom is 0.353 e. The van der Waals surface area contributed by atoms with E-state index in [9.17, 15) is 24.6 Å². The number of aliphatic hydroxyl groups is 1. The van der Waals surface area contributed by atoms with Crippen molar-refractivity contribution < 1.29 is 24.6 Å². The zero-order valence-corrected chi connectivity index (χ0v) is 19.1. The van der Waals surface area contributed by atoms with Crippen molar-refractivity contribution in [3.8, 4) is 0 Å². The monoisotopic (exact) mass is 452 g/mol. The number of β-lactam (4-membered cyclic amide) rings is 1. The number of aliphatic carboxylic acids is 1. The maximum absolute atomic E-state index is 13.1. The summed E-state index contributed by atoms with van der Waals surface area (Å²) in [6.45, 7) is 7.42. The van der Waals surface area contributed by atoms with Crippen molar-refractivity contribution in [2.45, 2.75) is 50.1 Å². The summed E-state index contributed by atoms with van der Waals surface area (Å²) in [6.07, 6.45) is 0.798. The standard InChI is InChI=1S/C21H32N4O5S/c1-11-16-15(12(2)26)20(28)25(16)17(21(29)30)18(11)31-13-9-14(23(3)10-13)19(27)24-7-4-5-22-6-8-24/h11-16,22,26H,4-10H2,1-3H3,(H,29,30)/t11?,12?,13?,14?,15?,16-/m1/s1. The van der Waals surface area contributed by atoms with Gasteiger partial charge < -0.3 is 25.3 Å². The predicted octanol–water partition coefficient (Wildman–Crippen LogP) is -0.232. The van der Waals surface area contributed by atoms with Gasteiger partial charge in [-0.15, -0.1) is 11.8 Å². The molecule has 6 atom stereocenters. The zero-order chi connectivity index (χ0) is 22.4. The van der Waals surface area contributed by atoms with Crippen molar-refractivity contribution in [1.82, 2.24) is 20.0 Å². The van der Waals surface area contributed by atoms with E-state index in [4.69, 9.17) is 0 Å². The minimum atomic E-state index is -1.11. The average molecular weight is 453 g/mol. The van der Waals surface area contributed by atoms with Gasteiger partial charge >= 0.3 is 5.97 Å². The molecule has 0 aromatic carbocycles. The first-order chi connectivity index (χ1) is 14.7. The Hall–Kier alpha value is -1.62. The molecule has 3 N–H and O–H groups in total. The van der Waals surface area contributed by atoms with Crippen molar-refractivity contribution in [2.75, 3.05) is 39.8 Å². The maximum atomic E-state index is 13.1. The van der Waals surface area contributed by atoms with Crippen LogP contribution < -0.4 is 5.32 Å². The van der Waals surface area contributed by atoms with Crippen LogP contribution in [0.1, 0.15) is 26.7 Å². The van der Waals surface area contributed by atoms with E-state index in [0.29, 0.717) is 24.4 Å². The van der Waals surface area contributed by atoms with Crippen molar-refractivity contribution >= 4 is 29.5 Å². The molecule has 4 rings (SSSR count). The fourth-order valence-corrected chi connectivity index (χ4v) is 7.06. The number of hydrogen-bond donors (Lipinski definition) is 3. The van der Waals surface area contributed by atoms with Gasteiger partial charge in [-0.2, -0.15) is 0 Å². The number of likely N-dealkylation sites (N-methyl/N-ethyl adjacent to an activating group) is 1. The number of carbonyl (C=O) groups is 3. The van der Waals surface area contributed by atoms with Gasteiger partial charge in [0, 0.05) is 42.3 Å². The Morgan fingerprint density at radius 1 is 1.26 bits per heavy atom. The Balaban J connectivity index is 1.48. The number of thioether (sulfide) groups is 1. The zero-order valence-electron chi connectivity index (χ0n) is 18.3. The third-order valence-electron chi connectivity index (χ3n) is 7.05. The lowest BCUT2D eigenvalue weighted by Gasteiger charge is -2.46. The van der Waals surface area contributed by atoms with Gasteiger partial charge in [-0.25, -0.2) is 4.79 Å². The first-order valence-corrected chi connectivity index (χ1v) is 11.9. The van der Waals surface area contributed by atoms with Crippen molar-refractivity contribution in [1.29, 1.82) is 0 Å². The summed E-state index contributed by atoms with van der Waals surface area (Å²) >= 11 is 1.50. The molecule has 0 aliphatic carbocycles. The van der Waals surface area contributed by atoms with Gasteiger partial charge in [-0.05, 0) is 33.4 Å². The number of carbonyl (C=O) groups excluding carboxylic acids is 2. The highest BCUT2D eigenvalue weighted by molar-refractivity contribution is 8.03. The molecule has 5 unspecified atom stereocenters. The van der Waals surface area contributed by atoms with Crippen molar-refractivity contribution in [3.05, 3.63) is 10.6 Å². The quantitative estimate of drug-likeness (QED) is 0.490. The number of carboxylic acids is 1. The second-order valence-corrected chi connectivity index (χ2v) is 10.5. The summed E-state index contributed by atoms with van der Waals surface area (Å²) in [7, 11) is 1.95. The molecule has 2 amide bonds. The van der Waals surface area contributed by atoms with Crippen LogP contribution in [0.5, 0.6) is 0 Å². The molecule has 9 nitrogen and oxygen atoms in total. The minimum absolute atomic E-state index is 0.0559. The molecule has 4 heterocycles. The first kappa shape index (κ1) is 22.6.